The van der Waals surface area contributed by atoms with Crippen LogP contribution in [-0.2, 0) is 0 Å². The number of nitrogens with zero attached hydrogens (tertiary/aromatic N) is 2. The molecule has 1 unspecified atom stereocenters. The van der Waals surface area contributed by atoms with Crippen LogP contribution >= 0.6 is 23.4 Å². The Bertz CT molecular complexity index is 666. The highest BCUT2D eigenvalue weighted by molar-refractivity contribution is 7.99. The fourth-order valence-corrected chi connectivity index (χ4v) is 3.68. The lowest BCUT2D eigenvalue weighted by Gasteiger charge is -2.21. The molecule has 0 bridgehead atoms. The lowest BCUT2D eigenvalue weighted by atomic mass is 10.0. The van der Waals surface area contributed by atoms with Gasteiger partial charge in [-0.15, -0.1) is 0 Å². The first-order chi connectivity index (χ1) is 10.6. The Labute approximate surface area is 137 Å². The summed E-state index contributed by atoms with van der Waals surface area (Å²) >= 11 is 7.55. The van der Waals surface area contributed by atoms with Crippen LogP contribution in [0.3, 0.4) is 0 Å². The zero-order valence-corrected chi connectivity index (χ0v) is 13.4. The lowest BCUT2D eigenvalue weighted by molar-refractivity contribution is 0.0612. The van der Waals surface area contributed by atoms with Crippen LogP contribution in [0.1, 0.15) is 16.8 Å². The van der Waals surface area contributed by atoms with E-state index < -0.39 is 5.60 Å². The Balaban J connectivity index is 1.65. The topological polar surface area (TPSA) is 67.2 Å². The van der Waals surface area contributed by atoms with Gasteiger partial charge >= 0.3 is 0 Å². The fourth-order valence-electron chi connectivity index (χ4n) is 2.26. The fraction of sp³-hybridized carbons (Fsp3) is 0.333. The third-order valence-corrected chi connectivity index (χ3v) is 5.08. The molecule has 0 saturated carbocycles. The zero-order chi connectivity index (χ0) is 15.6. The Morgan fingerprint density at radius 2 is 2.23 bits per heavy atom. The van der Waals surface area contributed by atoms with E-state index in [1.165, 1.54) is 6.20 Å². The molecule has 0 radical (unpaired) electrons. The molecule has 1 atom stereocenters. The second-order valence-electron chi connectivity index (χ2n) is 5.36. The molecule has 3 rings (SSSR count). The molecule has 0 spiro atoms. The summed E-state index contributed by atoms with van der Waals surface area (Å²) in [6.45, 7) is 0.269. The molecule has 2 heterocycles. The van der Waals surface area contributed by atoms with Gasteiger partial charge in [-0.25, -0.2) is 4.68 Å². The number of carbonyl (C=O) groups is 1. The van der Waals surface area contributed by atoms with Crippen LogP contribution in [0.25, 0.3) is 5.69 Å². The van der Waals surface area contributed by atoms with E-state index >= 15 is 0 Å². The van der Waals surface area contributed by atoms with Crippen molar-refractivity contribution in [3.05, 3.63) is 47.2 Å². The van der Waals surface area contributed by atoms with Gasteiger partial charge in [-0.3, -0.25) is 4.79 Å². The van der Waals surface area contributed by atoms with Crippen molar-refractivity contribution < 1.29 is 9.90 Å². The highest BCUT2D eigenvalue weighted by Crippen LogP contribution is 2.27. The number of aliphatic hydroxyl groups is 1. The van der Waals surface area contributed by atoms with Crippen LogP contribution in [0.4, 0.5) is 0 Å². The first-order valence-corrected chi connectivity index (χ1v) is 8.48. The summed E-state index contributed by atoms with van der Waals surface area (Å²) in [5.74, 6) is 1.36. The largest absolute Gasteiger partial charge is 0.387 e. The number of hydrogen-bond donors (Lipinski definition) is 2. The Morgan fingerprint density at radius 3 is 2.91 bits per heavy atom. The first kappa shape index (κ1) is 15.4. The maximum absolute atomic E-state index is 12.1. The summed E-state index contributed by atoms with van der Waals surface area (Å²) in [7, 11) is 0. The van der Waals surface area contributed by atoms with Crippen molar-refractivity contribution in [3.63, 3.8) is 0 Å². The van der Waals surface area contributed by atoms with Gasteiger partial charge in [-0.1, -0.05) is 11.6 Å². The molecule has 1 aromatic carbocycles. The highest BCUT2D eigenvalue weighted by atomic mass is 35.5. The van der Waals surface area contributed by atoms with Crippen molar-refractivity contribution in [2.45, 2.75) is 12.0 Å². The molecular formula is C15H16ClN3O2S. The standard InChI is InChI=1S/C15H16ClN3O2S/c16-12-1-3-13(4-2-12)19-8-11(7-18-19)14(20)17-9-15(21)5-6-22-10-15/h1-4,7-8,21H,5-6,9-10H2,(H,17,20). The summed E-state index contributed by atoms with van der Waals surface area (Å²) in [6.07, 6.45) is 3.88. The summed E-state index contributed by atoms with van der Waals surface area (Å²) in [4.78, 5) is 12.1. The average Bonchev–Trinajstić information content (AvgIpc) is 3.15. The Morgan fingerprint density at radius 1 is 1.45 bits per heavy atom. The van der Waals surface area contributed by atoms with Gasteiger partial charge in [0.05, 0.1) is 23.0 Å². The van der Waals surface area contributed by atoms with Crippen molar-refractivity contribution in [3.8, 4) is 5.69 Å². The minimum absolute atomic E-state index is 0.231. The molecule has 1 saturated heterocycles. The summed E-state index contributed by atoms with van der Waals surface area (Å²) < 4.78 is 1.62. The SMILES string of the molecule is O=C(NCC1(O)CCSC1)c1cnn(-c2ccc(Cl)cc2)c1. The van der Waals surface area contributed by atoms with Crippen LogP contribution in [0, 0.1) is 0 Å². The first-order valence-electron chi connectivity index (χ1n) is 6.95. The minimum Gasteiger partial charge on any atom is -0.387 e. The zero-order valence-electron chi connectivity index (χ0n) is 11.8. The summed E-state index contributed by atoms with van der Waals surface area (Å²) in [5.41, 5.74) is 0.505. The number of hydrogen-bond acceptors (Lipinski definition) is 4. The average molecular weight is 338 g/mol. The predicted molar refractivity (Wildman–Crippen MR) is 87.8 cm³/mol. The van der Waals surface area contributed by atoms with E-state index in [1.54, 1.807) is 34.8 Å². The number of amides is 1. The summed E-state index contributed by atoms with van der Waals surface area (Å²) in [6, 6.07) is 7.20. The van der Waals surface area contributed by atoms with E-state index in [2.05, 4.69) is 10.4 Å². The summed E-state index contributed by atoms with van der Waals surface area (Å²) in [5, 5.41) is 17.8. The molecule has 2 aromatic rings. The van der Waals surface area contributed by atoms with Crippen LogP contribution in [0.5, 0.6) is 0 Å². The molecule has 116 valence electrons. The van der Waals surface area contributed by atoms with Crippen LogP contribution in [0.2, 0.25) is 5.02 Å². The number of halogens is 1. The minimum atomic E-state index is -0.785. The molecular weight excluding hydrogens is 322 g/mol. The number of benzene rings is 1. The molecule has 1 amide bonds. The van der Waals surface area contributed by atoms with Gasteiger partial charge < -0.3 is 10.4 Å². The van der Waals surface area contributed by atoms with Crippen molar-refractivity contribution in [1.82, 2.24) is 15.1 Å². The third kappa shape index (κ3) is 3.45. The number of carbonyl (C=O) groups excluding carboxylic acids is 1. The number of thioether (sulfide) groups is 1. The molecule has 1 aromatic heterocycles. The predicted octanol–water partition coefficient (Wildman–Crippen LogP) is 2.12. The van der Waals surface area contributed by atoms with Gasteiger partial charge in [0.25, 0.3) is 5.91 Å². The van der Waals surface area contributed by atoms with E-state index in [1.807, 2.05) is 12.1 Å². The molecule has 22 heavy (non-hydrogen) atoms. The van der Waals surface area contributed by atoms with Gasteiger partial charge in [-0.05, 0) is 36.4 Å². The van der Waals surface area contributed by atoms with Gasteiger partial charge in [0.15, 0.2) is 0 Å². The van der Waals surface area contributed by atoms with Gasteiger partial charge in [-0.2, -0.15) is 16.9 Å². The molecule has 2 N–H and O–H groups in total. The van der Waals surface area contributed by atoms with E-state index in [4.69, 9.17) is 11.6 Å². The van der Waals surface area contributed by atoms with Crippen LogP contribution in [-0.4, -0.2) is 44.4 Å². The normalized spacial score (nSPS) is 21.0. The van der Waals surface area contributed by atoms with Crippen molar-refractivity contribution >= 4 is 29.3 Å². The van der Waals surface area contributed by atoms with Crippen molar-refractivity contribution in [1.29, 1.82) is 0 Å². The van der Waals surface area contributed by atoms with Crippen LogP contribution in [0.15, 0.2) is 36.7 Å². The van der Waals surface area contributed by atoms with Gasteiger partial charge in [0.1, 0.15) is 0 Å². The highest BCUT2D eigenvalue weighted by Gasteiger charge is 2.32. The van der Waals surface area contributed by atoms with E-state index in [0.29, 0.717) is 22.8 Å². The lowest BCUT2D eigenvalue weighted by Crippen LogP contribution is -2.42. The number of nitrogens with one attached hydrogen (secondary N) is 1. The van der Waals surface area contributed by atoms with Crippen LogP contribution < -0.4 is 5.32 Å². The van der Waals surface area contributed by atoms with Crippen molar-refractivity contribution in [2.24, 2.45) is 0 Å². The maximum atomic E-state index is 12.1. The number of aromatic nitrogens is 2. The molecule has 1 aliphatic heterocycles. The van der Waals surface area contributed by atoms with E-state index in [9.17, 15) is 9.90 Å². The molecule has 5 nitrogen and oxygen atoms in total. The van der Waals surface area contributed by atoms with Gasteiger partial charge in [0.2, 0.25) is 0 Å². The quantitative estimate of drug-likeness (QED) is 0.897. The third-order valence-electron chi connectivity index (χ3n) is 3.60. The Kier molecular flexibility index (Phi) is 4.42. The second kappa shape index (κ2) is 6.32. The van der Waals surface area contributed by atoms with Crippen molar-refractivity contribution in [2.75, 3.05) is 18.1 Å². The number of rotatable bonds is 4. The van der Waals surface area contributed by atoms with E-state index in [0.717, 1.165) is 11.4 Å². The smallest absolute Gasteiger partial charge is 0.254 e. The molecule has 1 fully saturated rings. The van der Waals surface area contributed by atoms with E-state index in [-0.39, 0.29) is 12.5 Å². The second-order valence-corrected chi connectivity index (χ2v) is 6.90. The molecule has 1 aliphatic rings. The molecule has 7 heteroatoms. The van der Waals surface area contributed by atoms with Gasteiger partial charge in [0, 0.05) is 23.5 Å². The molecule has 0 aliphatic carbocycles. The Hall–Kier alpha value is -1.50. The maximum Gasteiger partial charge on any atom is 0.254 e. The monoisotopic (exact) mass is 337 g/mol.